The van der Waals surface area contributed by atoms with Gasteiger partial charge in [-0.05, 0) is 23.8 Å². The molecular weight excluding hydrogens is 376 g/mol. The minimum absolute atomic E-state index is 0.0537. The predicted octanol–water partition coefficient (Wildman–Crippen LogP) is 3.30. The molecule has 0 saturated carbocycles. The molecule has 0 bridgehead atoms. The van der Waals surface area contributed by atoms with Crippen LogP contribution in [0.15, 0.2) is 53.6 Å². The van der Waals surface area contributed by atoms with Crippen molar-refractivity contribution in [1.29, 1.82) is 0 Å². The lowest BCUT2D eigenvalue weighted by molar-refractivity contribution is -0.133. The number of carbonyl (C=O) groups is 2. The van der Waals surface area contributed by atoms with Crippen LogP contribution < -0.4 is 10.2 Å². The van der Waals surface area contributed by atoms with E-state index in [4.69, 9.17) is 21.4 Å². The molecule has 0 aliphatic heterocycles. The van der Waals surface area contributed by atoms with Gasteiger partial charge in [0.2, 0.25) is 0 Å². The Bertz CT molecular complexity index is 812. The molecular formula is C18H17ClN2O4S. The van der Waals surface area contributed by atoms with Gasteiger partial charge >= 0.3 is 5.97 Å². The van der Waals surface area contributed by atoms with E-state index < -0.39 is 11.9 Å². The normalized spacial score (nSPS) is 11.1. The number of halogens is 1. The molecule has 1 amide bonds. The quantitative estimate of drug-likeness (QED) is 0.531. The van der Waals surface area contributed by atoms with E-state index in [1.807, 2.05) is 30.3 Å². The van der Waals surface area contributed by atoms with Crippen molar-refractivity contribution in [2.75, 3.05) is 18.6 Å². The van der Waals surface area contributed by atoms with E-state index in [2.05, 4.69) is 10.5 Å². The highest BCUT2D eigenvalue weighted by Crippen LogP contribution is 2.22. The molecule has 2 N–H and O–H groups in total. The van der Waals surface area contributed by atoms with Crippen molar-refractivity contribution >= 4 is 41.0 Å². The first-order valence-electron chi connectivity index (χ1n) is 7.56. The Labute approximate surface area is 160 Å². The second kappa shape index (κ2) is 9.84. The monoisotopic (exact) mass is 392 g/mol. The van der Waals surface area contributed by atoms with Crippen LogP contribution in [0.3, 0.4) is 0 Å². The smallest absolute Gasteiger partial charge is 0.313 e. The van der Waals surface area contributed by atoms with E-state index in [0.717, 1.165) is 5.56 Å². The van der Waals surface area contributed by atoms with Gasteiger partial charge in [-0.2, -0.15) is 5.10 Å². The van der Waals surface area contributed by atoms with Crippen molar-refractivity contribution in [2.45, 2.75) is 0 Å². The minimum Gasteiger partial charge on any atom is -0.496 e. The van der Waals surface area contributed by atoms with Gasteiger partial charge < -0.3 is 9.84 Å². The number of hydrogen-bond acceptors (Lipinski definition) is 5. The van der Waals surface area contributed by atoms with Crippen molar-refractivity contribution in [3.8, 4) is 5.75 Å². The molecule has 0 aromatic heterocycles. The first-order chi connectivity index (χ1) is 12.5. The van der Waals surface area contributed by atoms with E-state index in [0.29, 0.717) is 22.2 Å². The summed E-state index contributed by atoms with van der Waals surface area (Å²) < 4.78 is 5.17. The number of rotatable bonds is 8. The Morgan fingerprint density at radius 3 is 2.58 bits per heavy atom. The second-order valence-corrected chi connectivity index (χ2v) is 6.52. The van der Waals surface area contributed by atoms with Crippen molar-refractivity contribution in [3.63, 3.8) is 0 Å². The summed E-state index contributed by atoms with van der Waals surface area (Å²) in [5.41, 5.74) is 4.10. The number of amides is 1. The zero-order chi connectivity index (χ0) is 18.9. The van der Waals surface area contributed by atoms with E-state index in [-0.39, 0.29) is 11.3 Å². The van der Waals surface area contributed by atoms with Gasteiger partial charge in [-0.3, -0.25) is 9.59 Å². The summed E-state index contributed by atoms with van der Waals surface area (Å²) in [7, 11) is 1.46. The molecule has 2 aromatic rings. The van der Waals surface area contributed by atoms with Gasteiger partial charge in [0.1, 0.15) is 5.75 Å². The van der Waals surface area contributed by atoms with E-state index in [9.17, 15) is 9.59 Å². The average Bonchev–Trinajstić information content (AvgIpc) is 2.64. The van der Waals surface area contributed by atoms with Crippen molar-refractivity contribution < 1.29 is 19.4 Å². The van der Waals surface area contributed by atoms with Gasteiger partial charge in [0.05, 0.1) is 24.1 Å². The van der Waals surface area contributed by atoms with Gasteiger partial charge in [-0.25, -0.2) is 5.43 Å². The third kappa shape index (κ3) is 5.79. The summed E-state index contributed by atoms with van der Waals surface area (Å²) in [6, 6.07) is 13.9. The lowest BCUT2D eigenvalue weighted by Gasteiger charge is -2.09. The lowest BCUT2D eigenvalue weighted by Crippen LogP contribution is -2.22. The fourth-order valence-electron chi connectivity index (χ4n) is 2.08. The molecule has 0 atom stereocenters. The Morgan fingerprint density at radius 2 is 1.92 bits per heavy atom. The summed E-state index contributed by atoms with van der Waals surface area (Å²) in [4.78, 5) is 23.2. The molecule has 0 spiro atoms. The Balaban J connectivity index is 2.20. The van der Waals surface area contributed by atoms with Crippen LogP contribution in [-0.4, -0.2) is 41.3 Å². The number of ether oxygens (including phenoxy) is 1. The van der Waals surface area contributed by atoms with Crippen LogP contribution in [-0.2, 0) is 4.79 Å². The maximum Gasteiger partial charge on any atom is 0.313 e. The number of benzene rings is 2. The molecule has 0 heterocycles. The molecule has 0 unspecified atom stereocenters. The molecule has 0 saturated heterocycles. The Morgan fingerprint density at radius 1 is 1.19 bits per heavy atom. The third-order valence-corrected chi connectivity index (χ3v) is 4.43. The van der Waals surface area contributed by atoms with E-state index in [1.54, 1.807) is 12.1 Å². The molecule has 2 rings (SSSR count). The number of aliphatic carboxylic acids is 1. The van der Waals surface area contributed by atoms with Crippen molar-refractivity contribution in [2.24, 2.45) is 5.10 Å². The van der Waals surface area contributed by atoms with E-state index >= 15 is 0 Å². The maximum atomic E-state index is 12.4. The number of methoxy groups -OCH3 is 1. The van der Waals surface area contributed by atoms with Crippen LogP contribution in [0, 0.1) is 0 Å². The maximum absolute atomic E-state index is 12.4. The van der Waals surface area contributed by atoms with Crippen LogP contribution in [0.25, 0.3) is 0 Å². The summed E-state index contributed by atoms with van der Waals surface area (Å²) in [6.45, 7) is 0. The lowest BCUT2D eigenvalue weighted by atomic mass is 10.1. The van der Waals surface area contributed by atoms with Crippen molar-refractivity contribution in [3.05, 3.63) is 64.7 Å². The zero-order valence-electron chi connectivity index (χ0n) is 13.9. The van der Waals surface area contributed by atoms with Crippen LogP contribution in [0.5, 0.6) is 5.75 Å². The molecule has 26 heavy (non-hydrogen) atoms. The van der Waals surface area contributed by atoms with Crippen LogP contribution in [0.4, 0.5) is 0 Å². The van der Waals surface area contributed by atoms with E-state index in [1.165, 1.54) is 24.9 Å². The number of carboxylic acid groups (broad SMARTS) is 1. The molecule has 0 radical (unpaired) electrons. The number of carboxylic acids is 1. The number of carbonyl (C=O) groups excluding carboxylic acids is 1. The standard InChI is InChI=1S/C18H17ClN2O4S/c1-25-16-8-7-13(19)9-14(16)18(24)21-20-15(10-26-11-17(22)23)12-5-3-2-4-6-12/h2-9H,10-11H2,1H3,(H,21,24)(H,22,23)/b20-15+. The summed E-state index contributed by atoms with van der Waals surface area (Å²) in [6.07, 6.45) is 0. The molecule has 8 heteroatoms. The number of nitrogens with one attached hydrogen (secondary N) is 1. The summed E-state index contributed by atoms with van der Waals surface area (Å²) >= 11 is 7.14. The van der Waals surface area contributed by atoms with Gasteiger partial charge in [0, 0.05) is 10.8 Å². The number of hydrogen-bond donors (Lipinski definition) is 2. The van der Waals surface area contributed by atoms with Gasteiger partial charge in [0.15, 0.2) is 0 Å². The Hall–Kier alpha value is -2.51. The highest BCUT2D eigenvalue weighted by Gasteiger charge is 2.13. The zero-order valence-corrected chi connectivity index (χ0v) is 15.5. The van der Waals surface area contributed by atoms with Crippen molar-refractivity contribution in [1.82, 2.24) is 5.43 Å². The van der Waals surface area contributed by atoms with Crippen LogP contribution in [0.1, 0.15) is 15.9 Å². The van der Waals surface area contributed by atoms with Gasteiger partial charge in [-0.1, -0.05) is 41.9 Å². The fraction of sp³-hybridized carbons (Fsp3) is 0.167. The van der Waals surface area contributed by atoms with Crippen LogP contribution >= 0.6 is 23.4 Å². The van der Waals surface area contributed by atoms with Crippen LogP contribution in [0.2, 0.25) is 5.02 Å². The van der Waals surface area contributed by atoms with Gasteiger partial charge in [-0.15, -0.1) is 11.8 Å². The molecule has 0 aliphatic rings. The predicted molar refractivity (Wildman–Crippen MR) is 103 cm³/mol. The average molecular weight is 393 g/mol. The molecule has 0 fully saturated rings. The topological polar surface area (TPSA) is 88.0 Å². The number of thioether (sulfide) groups is 1. The second-order valence-electron chi connectivity index (χ2n) is 5.10. The highest BCUT2D eigenvalue weighted by molar-refractivity contribution is 8.00. The molecule has 2 aromatic carbocycles. The number of nitrogens with zero attached hydrogens (tertiary/aromatic N) is 1. The Kier molecular flexibility index (Phi) is 7.50. The third-order valence-electron chi connectivity index (χ3n) is 3.27. The fourth-order valence-corrected chi connectivity index (χ4v) is 2.96. The SMILES string of the molecule is COc1ccc(Cl)cc1C(=O)N/N=C(\CSCC(=O)O)c1ccccc1. The molecule has 0 aliphatic carbocycles. The summed E-state index contributed by atoms with van der Waals surface area (Å²) in [5.74, 6) is -0.717. The largest absolute Gasteiger partial charge is 0.496 e. The summed E-state index contributed by atoms with van der Waals surface area (Å²) in [5, 5.41) is 13.4. The highest BCUT2D eigenvalue weighted by atomic mass is 35.5. The molecule has 136 valence electrons. The first kappa shape index (κ1) is 19.8. The number of hydrazone groups is 1. The minimum atomic E-state index is -0.907. The van der Waals surface area contributed by atoms with Gasteiger partial charge in [0.25, 0.3) is 5.91 Å². The molecule has 6 nitrogen and oxygen atoms in total. The first-order valence-corrected chi connectivity index (χ1v) is 9.10.